The van der Waals surface area contributed by atoms with Gasteiger partial charge in [-0.05, 0) is 26.0 Å². The Kier molecular flexibility index (Phi) is 4.60. The Morgan fingerprint density at radius 2 is 2.13 bits per heavy atom. The van der Waals surface area contributed by atoms with E-state index in [1.54, 1.807) is 0 Å². The van der Waals surface area contributed by atoms with Crippen LogP contribution in [0.2, 0.25) is 0 Å². The molecule has 11 heteroatoms. The molecule has 3 aromatic heterocycles. The lowest BCUT2D eigenvalue weighted by Gasteiger charge is -2.13. The van der Waals surface area contributed by atoms with Gasteiger partial charge in [0.05, 0.1) is 17.6 Å². The van der Waals surface area contributed by atoms with Crippen LogP contribution in [-0.2, 0) is 16.9 Å². The maximum Gasteiger partial charge on any atom is 0.277 e. The standard InChI is InChI=1S/C19H17FN6O4/c1-19(2,28)18-23-16(24-30-18)13-15-17(27)25(6-7-29-3)14-10(8-21)11(20)4-5-12(14)26(15)9-22-13/h4-5,9,28H,6-7H2,1-3H3. The van der Waals surface area contributed by atoms with E-state index in [0.29, 0.717) is 5.52 Å². The minimum atomic E-state index is -1.37. The van der Waals surface area contributed by atoms with Gasteiger partial charge in [0, 0.05) is 13.7 Å². The Morgan fingerprint density at radius 3 is 2.77 bits per heavy atom. The lowest BCUT2D eigenvalue weighted by molar-refractivity contribution is 0.0420. The molecule has 0 aliphatic carbocycles. The van der Waals surface area contributed by atoms with Crippen molar-refractivity contribution in [1.82, 2.24) is 24.1 Å². The highest BCUT2D eigenvalue weighted by Crippen LogP contribution is 2.27. The number of ether oxygens (including phenoxy) is 1. The summed E-state index contributed by atoms with van der Waals surface area (Å²) in [4.78, 5) is 21.8. The third-order valence-electron chi connectivity index (χ3n) is 4.64. The third kappa shape index (κ3) is 2.94. The smallest absolute Gasteiger partial charge is 0.277 e. The third-order valence-corrected chi connectivity index (χ3v) is 4.64. The zero-order chi connectivity index (χ0) is 21.6. The van der Waals surface area contributed by atoms with Gasteiger partial charge in [-0.3, -0.25) is 9.20 Å². The van der Waals surface area contributed by atoms with Gasteiger partial charge in [-0.2, -0.15) is 10.2 Å². The van der Waals surface area contributed by atoms with E-state index in [-0.39, 0.29) is 47.2 Å². The van der Waals surface area contributed by atoms with E-state index in [4.69, 9.17) is 9.26 Å². The molecule has 0 bridgehead atoms. The predicted molar refractivity (Wildman–Crippen MR) is 102 cm³/mol. The summed E-state index contributed by atoms with van der Waals surface area (Å²) in [6, 6.07) is 4.45. The first-order valence-corrected chi connectivity index (χ1v) is 8.96. The van der Waals surface area contributed by atoms with Crippen LogP contribution < -0.4 is 5.56 Å². The first-order valence-electron chi connectivity index (χ1n) is 8.96. The van der Waals surface area contributed by atoms with E-state index in [1.807, 2.05) is 6.07 Å². The van der Waals surface area contributed by atoms with Crippen molar-refractivity contribution in [2.45, 2.75) is 26.0 Å². The normalized spacial score (nSPS) is 12.0. The summed E-state index contributed by atoms with van der Waals surface area (Å²) in [5.74, 6) is -0.747. The number of aliphatic hydroxyl groups is 1. The number of aromatic nitrogens is 5. The van der Waals surface area contributed by atoms with Crippen LogP contribution in [0.4, 0.5) is 4.39 Å². The lowest BCUT2D eigenvalue weighted by Crippen LogP contribution is -2.26. The van der Waals surface area contributed by atoms with E-state index in [1.165, 1.54) is 42.3 Å². The number of methoxy groups -OCH3 is 1. The Hall–Kier alpha value is -3.62. The van der Waals surface area contributed by atoms with Crippen molar-refractivity contribution < 1.29 is 18.8 Å². The van der Waals surface area contributed by atoms with Crippen molar-refractivity contribution in [1.29, 1.82) is 5.26 Å². The van der Waals surface area contributed by atoms with Crippen LogP contribution in [0, 0.1) is 17.1 Å². The van der Waals surface area contributed by atoms with Gasteiger partial charge in [0.2, 0.25) is 5.82 Å². The fraction of sp³-hybridized carbons (Fsp3) is 0.316. The van der Waals surface area contributed by atoms with Gasteiger partial charge in [-0.25, -0.2) is 9.37 Å². The van der Waals surface area contributed by atoms with E-state index >= 15 is 0 Å². The summed E-state index contributed by atoms with van der Waals surface area (Å²) in [6.07, 6.45) is 1.37. The maximum atomic E-state index is 14.3. The van der Waals surface area contributed by atoms with Crippen molar-refractivity contribution in [3.05, 3.63) is 46.1 Å². The molecule has 0 aliphatic heterocycles. The number of hydrogen-bond acceptors (Lipinski definition) is 8. The summed E-state index contributed by atoms with van der Waals surface area (Å²) in [7, 11) is 1.47. The Bertz CT molecular complexity index is 1370. The Balaban J connectivity index is 2.09. The number of benzene rings is 1. The van der Waals surface area contributed by atoms with Gasteiger partial charge in [-0.15, -0.1) is 0 Å². The SMILES string of the molecule is COCCn1c(=O)c2c(-c3noc(C(C)(C)O)n3)ncn2c2ccc(F)c(C#N)c21. The number of halogens is 1. The minimum Gasteiger partial charge on any atom is -0.383 e. The second-order valence-electron chi connectivity index (χ2n) is 7.15. The molecule has 30 heavy (non-hydrogen) atoms. The average molecular weight is 412 g/mol. The molecule has 154 valence electrons. The predicted octanol–water partition coefficient (Wildman–Crippen LogP) is 1.58. The summed E-state index contributed by atoms with van der Waals surface area (Å²) in [5.41, 5.74) is -1.34. The van der Waals surface area contributed by atoms with Crippen LogP contribution in [-0.4, -0.2) is 42.9 Å². The quantitative estimate of drug-likeness (QED) is 0.523. The number of hydrogen-bond donors (Lipinski definition) is 1. The second-order valence-corrected chi connectivity index (χ2v) is 7.15. The van der Waals surface area contributed by atoms with Crippen molar-refractivity contribution in [2.75, 3.05) is 13.7 Å². The number of nitriles is 1. The van der Waals surface area contributed by atoms with Crippen LogP contribution >= 0.6 is 0 Å². The molecular formula is C19H17FN6O4. The molecule has 0 atom stereocenters. The molecule has 10 nitrogen and oxygen atoms in total. The Labute approximate surface area is 168 Å². The van der Waals surface area contributed by atoms with Gasteiger partial charge >= 0.3 is 0 Å². The minimum absolute atomic E-state index is 0.0204. The van der Waals surface area contributed by atoms with Crippen LogP contribution in [0.1, 0.15) is 25.3 Å². The molecule has 1 aromatic carbocycles. The zero-order valence-electron chi connectivity index (χ0n) is 16.4. The molecule has 0 saturated heterocycles. The highest BCUT2D eigenvalue weighted by atomic mass is 19.1. The number of rotatable bonds is 5. The van der Waals surface area contributed by atoms with Gasteiger partial charge in [0.1, 0.15) is 40.6 Å². The molecule has 3 heterocycles. The van der Waals surface area contributed by atoms with Gasteiger partial charge in [0.15, 0.2) is 0 Å². The highest BCUT2D eigenvalue weighted by Gasteiger charge is 2.27. The largest absolute Gasteiger partial charge is 0.383 e. The topological polar surface area (TPSA) is 131 Å². The zero-order valence-corrected chi connectivity index (χ0v) is 16.4. The van der Waals surface area contributed by atoms with Crippen LogP contribution in [0.25, 0.3) is 28.1 Å². The first-order chi connectivity index (χ1) is 14.3. The van der Waals surface area contributed by atoms with Crippen LogP contribution in [0.15, 0.2) is 27.8 Å². The van der Waals surface area contributed by atoms with Crippen molar-refractivity contribution >= 4 is 16.6 Å². The second kappa shape index (κ2) is 7.01. The fourth-order valence-corrected chi connectivity index (χ4v) is 3.22. The number of imidazole rings is 1. The van der Waals surface area contributed by atoms with Crippen LogP contribution in [0.5, 0.6) is 0 Å². The van der Waals surface area contributed by atoms with E-state index in [9.17, 15) is 19.6 Å². The number of fused-ring (bicyclic) bond motifs is 3. The highest BCUT2D eigenvalue weighted by molar-refractivity contribution is 5.87. The number of nitrogens with zero attached hydrogens (tertiary/aromatic N) is 6. The lowest BCUT2D eigenvalue weighted by atomic mass is 10.1. The molecule has 0 amide bonds. The molecule has 1 N–H and O–H groups in total. The van der Waals surface area contributed by atoms with Crippen molar-refractivity contribution in [3.63, 3.8) is 0 Å². The van der Waals surface area contributed by atoms with Crippen molar-refractivity contribution in [3.8, 4) is 17.6 Å². The summed E-state index contributed by atoms with van der Waals surface area (Å²) in [5, 5.41) is 23.4. The van der Waals surface area contributed by atoms with E-state index < -0.39 is 17.0 Å². The molecule has 0 fully saturated rings. The average Bonchev–Trinajstić information content (AvgIpc) is 3.35. The van der Waals surface area contributed by atoms with Crippen LogP contribution in [0.3, 0.4) is 0 Å². The fourth-order valence-electron chi connectivity index (χ4n) is 3.22. The van der Waals surface area contributed by atoms with E-state index in [2.05, 4.69) is 15.1 Å². The molecular weight excluding hydrogens is 395 g/mol. The van der Waals surface area contributed by atoms with Gasteiger partial charge < -0.3 is 18.9 Å². The molecule has 4 rings (SSSR count). The summed E-state index contributed by atoms with van der Waals surface area (Å²) in [6.45, 7) is 3.23. The monoisotopic (exact) mass is 412 g/mol. The van der Waals surface area contributed by atoms with Gasteiger partial charge in [0.25, 0.3) is 11.4 Å². The first kappa shape index (κ1) is 19.7. The molecule has 0 unspecified atom stereocenters. The molecule has 4 aromatic rings. The molecule has 0 aliphatic rings. The molecule has 0 saturated carbocycles. The van der Waals surface area contributed by atoms with Gasteiger partial charge in [-0.1, -0.05) is 5.16 Å². The molecule has 0 radical (unpaired) electrons. The van der Waals surface area contributed by atoms with Crippen molar-refractivity contribution in [2.24, 2.45) is 0 Å². The van der Waals surface area contributed by atoms with E-state index in [0.717, 1.165) is 6.07 Å². The maximum absolute atomic E-state index is 14.3. The Morgan fingerprint density at radius 1 is 1.37 bits per heavy atom. The summed E-state index contributed by atoms with van der Waals surface area (Å²) >= 11 is 0. The molecule has 0 spiro atoms. The summed E-state index contributed by atoms with van der Waals surface area (Å²) < 4.78 is 27.2.